The van der Waals surface area contributed by atoms with Crippen LogP contribution in [0, 0.1) is 6.92 Å². The van der Waals surface area contributed by atoms with Crippen LogP contribution in [0.15, 0.2) is 6.07 Å². The Hall–Kier alpha value is -0.870. The van der Waals surface area contributed by atoms with Gasteiger partial charge in [0.25, 0.3) is 0 Å². The second kappa shape index (κ2) is 6.01. The van der Waals surface area contributed by atoms with Crippen LogP contribution in [-0.2, 0) is 6.54 Å². The third-order valence-electron chi connectivity index (χ3n) is 2.80. The number of nitrogens with one attached hydrogen (secondary N) is 1. The van der Waals surface area contributed by atoms with Gasteiger partial charge in [-0.15, -0.1) is 11.3 Å². The minimum atomic E-state index is -0.832. The second-order valence-electron chi connectivity index (χ2n) is 3.89. The van der Waals surface area contributed by atoms with Gasteiger partial charge in [-0.3, -0.25) is 0 Å². The molecule has 0 fully saturated rings. The highest BCUT2D eigenvalue weighted by Gasteiger charge is 2.11. The van der Waals surface area contributed by atoms with E-state index in [4.69, 9.17) is 5.11 Å². The van der Waals surface area contributed by atoms with Crippen molar-refractivity contribution in [3.63, 3.8) is 0 Å². The standard InChI is InChI=1S/C12H19NO2S/c1-4-10(5-2)13-7-9-6-11(12(14)15)16-8(9)3/h6,10,13H,4-5,7H2,1-3H3,(H,14,15). The van der Waals surface area contributed by atoms with E-state index in [1.54, 1.807) is 6.07 Å². The predicted octanol–water partition coefficient (Wildman–Crippen LogP) is 3.03. The van der Waals surface area contributed by atoms with Crippen LogP contribution in [0.3, 0.4) is 0 Å². The van der Waals surface area contributed by atoms with Crippen LogP contribution in [0.2, 0.25) is 0 Å². The summed E-state index contributed by atoms with van der Waals surface area (Å²) >= 11 is 1.35. The zero-order valence-corrected chi connectivity index (χ0v) is 10.9. The van der Waals surface area contributed by atoms with Crippen LogP contribution in [0.25, 0.3) is 0 Å². The number of carboxylic acids is 1. The molecule has 90 valence electrons. The van der Waals surface area contributed by atoms with Crippen molar-refractivity contribution in [3.8, 4) is 0 Å². The molecule has 0 aliphatic heterocycles. The molecule has 0 atom stereocenters. The number of aromatic carboxylic acids is 1. The Morgan fingerprint density at radius 3 is 2.56 bits per heavy atom. The fraction of sp³-hybridized carbons (Fsp3) is 0.583. The average Bonchev–Trinajstić information content (AvgIpc) is 2.62. The highest BCUT2D eigenvalue weighted by atomic mass is 32.1. The molecule has 0 radical (unpaired) electrons. The highest BCUT2D eigenvalue weighted by Crippen LogP contribution is 2.21. The molecule has 1 aromatic heterocycles. The van der Waals surface area contributed by atoms with Crippen molar-refractivity contribution in [1.82, 2.24) is 5.32 Å². The zero-order valence-electron chi connectivity index (χ0n) is 10.0. The first-order valence-corrected chi connectivity index (χ1v) is 6.46. The third-order valence-corrected chi connectivity index (χ3v) is 3.88. The molecule has 0 spiro atoms. The molecule has 1 rings (SSSR count). The molecule has 0 aromatic carbocycles. The maximum atomic E-state index is 10.8. The van der Waals surface area contributed by atoms with E-state index in [9.17, 15) is 4.79 Å². The molecule has 2 N–H and O–H groups in total. The van der Waals surface area contributed by atoms with Crippen molar-refractivity contribution in [3.05, 3.63) is 21.4 Å². The van der Waals surface area contributed by atoms with E-state index in [1.165, 1.54) is 11.3 Å². The molecule has 0 amide bonds. The molecular weight excluding hydrogens is 222 g/mol. The lowest BCUT2D eigenvalue weighted by Crippen LogP contribution is -2.27. The molecule has 0 saturated heterocycles. The maximum Gasteiger partial charge on any atom is 0.345 e. The second-order valence-corrected chi connectivity index (χ2v) is 5.15. The lowest BCUT2D eigenvalue weighted by molar-refractivity contribution is 0.0702. The number of carbonyl (C=O) groups is 1. The molecular formula is C12H19NO2S. The topological polar surface area (TPSA) is 49.3 Å². The molecule has 1 aromatic rings. The Balaban J connectivity index is 2.63. The Morgan fingerprint density at radius 2 is 2.12 bits per heavy atom. The van der Waals surface area contributed by atoms with Crippen LogP contribution in [0.5, 0.6) is 0 Å². The van der Waals surface area contributed by atoms with Gasteiger partial charge in [-0.2, -0.15) is 0 Å². The van der Waals surface area contributed by atoms with Crippen LogP contribution < -0.4 is 5.32 Å². The van der Waals surface area contributed by atoms with E-state index >= 15 is 0 Å². The van der Waals surface area contributed by atoms with E-state index in [0.717, 1.165) is 29.8 Å². The fourth-order valence-corrected chi connectivity index (χ4v) is 2.51. The quantitative estimate of drug-likeness (QED) is 0.805. The number of aryl methyl sites for hydroxylation is 1. The Kier molecular flexibility index (Phi) is 4.96. The van der Waals surface area contributed by atoms with Crippen LogP contribution >= 0.6 is 11.3 Å². The predicted molar refractivity (Wildman–Crippen MR) is 67.2 cm³/mol. The molecule has 1 heterocycles. The largest absolute Gasteiger partial charge is 0.477 e. The smallest absolute Gasteiger partial charge is 0.345 e. The van der Waals surface area contributed by atoms with E-state index in [-0.39, 0.29) is 0 Å². The Labute approximate surface area is 100 Å². The third kappa shape index (κ3) is 3.32. The van der Waals surface area contributed by atoms with Gasteiger partial charge < -0.3 is 10.4 Å². The first kappa shape index (κ1) is 13.2. The molecule has 0 aliphatic rings. The molecule has 0 unspecified atom stereocenters. The van der Waals surface area contributed by atoms with Gasteiger partial charge in [0.15, 0.2) is 0 Å². The van der Waals surface area contributed by atoms with Crippen LogP contribution in [0.1, 0.15) is 46.8 Å². The lowest BCUT2D eigenvalue weighted by atomic mass is 10.1. The summed E-state index contributed by atoms with van der Waals surface area (Å²) in [7, 11) is 0. The number of carboxylic acid groups (broad SMARTS) is 1. The first-order chi connectivity index (χ1) is 7.58. The molecule has 0 saturated carbocycles. The van der Waals surface area contributed by atoms with E-state index in [1.807, 2.05) is 6.92 Å². The van der Waals surface area contributed by atoms with Gasteiger partial charge in [0, 0.05) is 17.5 Å². The Bertz CT molecular complexity index is 356. The van der Waals surface area contributed by atoms with Crippen molar-refractivity contribution < 1.29 is 9.90 Å². The van der Waals surface area contributed by atoms with E-state index < -0.39 is 5.97 Å². The first-order valence-electron chi connectivity index (χ1n) is 5.64. The summed E-state index contributed by atoms with van der Waals surface area (Å²) < 4.78 is 0. The SMILES string of the molecule is CCC(CC)NCc1cc(C(=O)O)sc1C. The summed E-state index contributed by atoms with van der Waals surface area (Å²) in [5, 5.41) is 12.3. The van der Waals surface area contributed by atoms with Crippen molar-refractivity contribution in [2.45, 2.75) is 46.2 Å². The van der Waals surface area contributed by atoms with Gasteiger partial charge >= 0.3 is 5.97 Å². The van der Waals surface area contributed by atoms with Gasteiger partial charge in [-0.1, -0.05) is 13.8 Å². The van der Waals surface area contributed by atoms with E-state index in [2.05, 4.69) is 19.2 Å². The van der Waals surface area contributed by atoms with Gasteiger partial charge in [0.2, 0.25) is 0 Å². The molecule has 4 heteroatoms. The van der Waals surface area contributed by atoms with Gasteiger partial charge in [0.1, 0.15) is 4.88 Å². The maximum absolute atomic E-state index is 10.8. The average molecular weight is 241 g/mol. The van der Waals surface area contributed by atoms with Gasteiger partial charge in [0.05, 0.1) is 0 Å². The number of rotatable bonds is 6. The molecule has 0 aliphatic carbocycles. The number of thiophene rings is 1. The summed E-state index contributed by atoms with van der Waals surface area (Å²) in [6.07, 6.45) is 2.21. The zero-order chi connectivity index (χ0) is 12.1. The van der Waals surface area contributed by atoms with Crippen molar-refractivity contribution >= 4 is 17.3 Å². The fourth-order valence-electron chi connectivity index (χ4n) is 1.63. The lowest BCUT2D eigenvalue weighted by Gasteiger charge is -2.14. The minimum Gasteiger partial charge on any atom is -0.477 e. The van der Waals surface area contributed by atoms with Crippen molar-refractivity contribution in [2.24, 2.45) is 0 Å². The summed E-state index contributed by atoms with van der Waals surface area (Å²) in [6, 6.07) is 2.30. The molecule has 3 nitrogen and oxygen atoms in total. The summed E-state index contributed by atoms with van der Waals surface area (Å²) in [6.45, 7) is 7.05. The van der Waals surface area contributed by atoms with Crippen molar-refractivity contribution in [1.29, 1.82) is 0 Å². The molecule has 0 bridgehead atoms. The molecule has 16 heavy (non-hydrogen) atoms. The summed E-state index contributed by atoms with van der Waals surface area (Å²) in [4.78, 5) is 12.3. The number of hydrogen-bond acceptors (Lipinski definition) is 3. The monoisotopic (exact) mass is 241 g/mol. The minimum absolute atomic E-state index is 0.429. The van der Waals surface area contributed by atoms with Crippen LogP contribution in [0.4, 0.5) is 0 Å². The summed E-state index contributed by atoms with van der Waals surface area (Å²) in [5.74, 6) is -0.832. The van der Waals surface area contributed by atoms with Crippen molar-refractivity contribution in [2.75, 3.05) is 0 Å². The Morgan fingerprint density at radius 1 is 1.50 bits per heavy atom. The number of hydrogen-bond donors (Lipinski definition) is 2. The normalized spacial score (nSPS) is 11.0. The van der Waals surface area contributed by atoms with Crippen LogP contribution in [-0.4, -0.2) is 17.1 Å². The summed E-state index contributed by atoms with van der Waals surface area (Å²) in [5.41, 5.74) is 1.11. The van der Waals surface area contributed by atoms with Gasteiger partial charge in [-0.25, -0.2) is 4.79 Å². The van der Waals surface area contributed by atoms with Gasteiger partial charge in [-0.05, 0) is 31.4 Å². The van der Waals surface area contributed by atoms with E-state index in [0.29, 0.717) is 10.9 Å². The highest BCUT2D eigenvalue weighted by molar-refractivity contribution is 7.14.